The lowest BCUT2D eigenvalue weighted by Gasteiger charge is -2.06. The van der Waals surface area contributed by atoms with Crippen molar-refractivity contribution in [3.8, 4) is 28.8 Å². The Morgan fingerprint density at radius 1 is 1.04 bits per heavy atom. The minimum Gasteiger partial charge on any atom is -0.461 e. The minimum atomic E-state index is 0.492. The number of nitrogen functional groups attached to an aromatic ring is 1. The van der Waals surface area contributed by atoms with Gasteiger partial charge in [0.2, 0.25) is 11.0 Å². The number of nitrogens with zero attached hydrogens (tertiary/aromatic N) is 4. The third-order valence-electron chi connectivity index (χ3n) is 4.09. The van der Waals surface area contributed by atoms with Crippen LogP contribution in [0.3, 0.4) is 0 Å². The van der Waals surface area contributed by atoms with Crippen LogP contribution in [0, 0.1) is 11.3 Å². The Hall–Kier alpha value is -3.50. The van der Waals surface area contributed by atoms with Crippen LogP contribution >= 0.6 is 11.8 Å². The van der Waals surface area contributed by atoms with E-state index in [2.05, 4.69) is 16.3 Å². The number of nitriles is 1. The fourth-order valence-electron chi connectivity index (χ4n) is 2.71. The van der Waals surface area contributed by atoms with Gasteiger partial charge in [0.05, 0.1) is 17.9 Å². The van der Waals surface area contributed by atoms with E-state index in [1.54, 1.807) is 18.4 Å². The van der Waals surface area contributed by atoms with Crippen LogP contribution in [0.5, 0.6) is 0 Å². The molecule has 2 N–H and O–H groups in total. The number of rotatable bonds is 5. The van der Waals surface area contributed by atoms with Crippen molar-refractivity contribution in [3.63, 3.8) is 0 Å². The Bertz CT molecular complexity index is 1090. The molecule has 0 saturated heterocycles. The molecule has 4 aromatic rings. The number of hydrogen-bond donors (Lipinski definition) is 1. The van der Waals surface area contributed by atoms with Crippen LogP contribution < -0.4 is 5.84 Å². The Morgan fingerprint density at radius 3 is 2.59 bits per heavy atom. The molecule has 4 rings (SSSR count). The summed E-state index contributed by atoms with van der Waals surface area (Å²) < 4.78 is 6.75. The van der Waals surface area contributed by atoms with Gasteiger partial charge in [-0.1, -0.05) is 54.2 Å². The summed E-state index contributed by atoms with van der Waals surface area (Å²) in [6, 6.07) is 21.5. The summed E-state index contributed by atoms with van der Waals surface area (Å²) in [6.45, 7) is 0. The third-order valence-corrected chi connectivity index (χ3v) is 5.10. The Morgan fingerprint density at radius 2 is 1.85 bits per heavy atom. The SMILES string of the molecule is N#Cc1ccccc1-c1ccc(CSc2nnc(-c3ccco3)n2N)cc1. The van der Waals surface area contributed by atoms with Gasteiger partial charge in [-0.25, -0.2) is 4.68 Å². The first-order valence-corrected chi connectivity index (χ1v) is 9.20. The molecule has 6 nitrogen and oxygen atoms in total. The highest BCUT2D eigenvalue weighted by Gasteiger charge is 2.14. The highest BCUT2D eigenvalue weighted by molar-refractivity contribution is 7.98. The van der Waals surface area contributed by atoms with Crippen molar-refractivity contribution < 1.29 is 4.42 Å². The van der Waals surface area contributed by atoms with E-state index in [1.165, 1.54) is 16.4 Å². The van der Waals surface area contributed by atoms with Crippen LogP contribution in [0.25, 0.3) is 22.7 Å². The van der Waals surface area contributed by atoms with Crippen LogP contribution in [0.1, 0.15) is 11.1 Å². The molecule has 27 heavy (non-hydrogen) atoms. The lowest BCUT2D eigenvalue weighted by atomic mass is 10.00. The summed E-state index contributed by atoms with van der Waals surface area (Å²) >= 11 is 1.50. The van der Waals surface area contributed by atoms with Crippen molar-refractivity contribution >= 4 is 11.8 Å². The Labute approximate surface area is 160 Å². The van der Waals surface area contributed by atoms with Crippen molar-refractivity contribution in [1.29, 1.82) is 5.26 Å². The fraction of sp³-hybridized carbons (Fsp3) is 0.0500. The van der Waals surface area contributed by atoms with E-state index in [9.17, 15) is 5.26 Å². The molecular formula is C20H15N5OS. The van der Waals surface area contributed by atoms with E-state index in [0.29, 0.717) is 28.1 Å². The second-order valence-electron chi connectivity index (χ2n) is 5.80. The van der Waals surface area contributed by atoms with Gasteiger partial charge in [-0.15, -0.1) is 10.2 Å². The smallest absolute Gasteiger partial charge is 0.218 e. The first-order chi connectivity index (χ1) is 13.3. The first kappa shape index (κ1) is 16.9. The molecule has 0 spiro atoms. The van der Waals surface area contributed by atoms with Gasteiger partial charge >= 0.3 is 0 Å². The predicted octanol–water partition coefficient (Wildman–Crippen LogP) is 4.08. The van der Waals surface area contributed by atoms with E-state index in [0.717, 1.165) is 16.7 Å². The first-order valence-electron chi connectivity index (χ1n) is 8.22. The van der Waals surface area contributed by atoms with Crippen LogP contribution in [0.15, 0.2) is 76.5 Å². The van der Waals surface area contributed by atoms with Crippen molar-refractivity contribution in [1.82, 2.24) is 14.9 Å². The van der Waals surface area contributed by atoms with Gasteiger partial charge in [0.15, 0.2) is 5.76 Å². The molecule has 0 radical (unpaired) electrons. The molecule has 0 saturated carbocycles. The molecule has 0 aliphatic heterocycles. The molecule has 0 aliphatic carbocycles. The molecule has 0 unspecified atom stereocenters. The number of furan rings is 1. The lowest BCUT2D eigenvalue weighted by molar-refractivity contribution is 0.574. The standard InChI is InChI=1S/C20H15N5OS/c21-12-16-4-1-2-5-17(16)15-9-7-14(8-10-15)13-27-20-24-23-19(25(20)22)18-6-3-11-26-18/h1-11H,13,22H2. The summed E-state index contributed by atoms with van der Waals surface area (Å²) in [4.78, 5) is 0. The Balaban J connectivity index is 1.48. The average Bonchev–Trinajstić information content (AvgIpc) is 3.36. The van der Waals surface area contributed by atoms with Gasteiger partial charge < -0.3 is 10.3 Å². The molecule has 2 aromatic carbocycles. The zero-order chi connectivity index (χ0) is 18.6. The largest absolute Gasteiger partial charge is 0.461 e. The van der Waals surface area contributed by atoms with Crippen molar-refractivity contribution in [2.75, 3.05) is 5.84 Å². The maximum atomic E-state index is 9.25. The van der Waals surface area contributed by atoms with E-state index in [4.69, 9.17) is 10.3 Å². The molecule has 2 aromatic heterocycles. The second kappa shape index (κ2) is 7.40. The third kappa shape index (κ3) is 3.43. The van der Waals surface area contributed by atoms with Gasteiger partial charge in [0.1, 0.15) is 0 Å². The van der Waals surface area contributed by atoms with Crippen molar-refractivity contribution in [2.45, 2.75) is 10.9 Å². The second-order valence-corrected chi connectivity index (χ2v) is 6.74. The number of nitrogens with two attached hydrogens (primary N) is 1. The quantitative estimate of drug-likeness (QED) is 0.418. The number of thioether (sulfide) groups is 1. The molecule has 0 bridgehead atoms. The normalized spacial score (nSPS) is 10.6. The number of benzene rings is 2. The molecular weight excluding hydrogens is 358 g/mol. The summed E-state index contributed by atoms with van der Waals surface area (Å²) in [7, 11) is 0. The van der Waals surface area contributed by atoms with Crippen LogP contribution in [0.4, 0.5) is 0 Å². The number of aromatic nitrogens is 3. The molecule has 132 valence electrons. The van der Waals surface area contributed by atoms with Crippen LogP contribution in [-0.4, -0.2) is 14.9 Å². The molecule has 0 atom stereocenters. The topological polar surface area (TPSA) is 93.7 Å². The summed E-state index contributed by atoms with van der Waals surface area (Å²) in [5.74, 6) is 7.85. The summed E-state index contributed by atoms with van der Waals surface area (Å²) in [5, 5.41) is 18.1. The summed E-state index contributed by atoms with van der Waals surface area (Å²) in [5.41, 5.74) is 3.74. The van der Waals surface area contributed by atoms with E-state index in [1.807, 2.05) is 48.5 Å². The predicted molar refractivity (Wildman–Crippen MR) is 104 cm³/mol. The van der Waals surface area contributed by atoms with Crippen LogP contribution in [0.2, 0.25) is 0 Å². The van der Waals surface area contributed by atoms with Gasteiger partial charge in [0, 0.05) is 5.75 Å². The molecule has 0 aliphatic rings. The molecule has 2 heterocycles. The maximum Gasteiger partial charge on any atom is 0.218 e. The molecule has 0 amide bonds. The average molecular weight is 373 g/mol. The molecule has 0 fully saturated rings. The van der Waals surface area contributed by atoms with Crippen molar-refractivity contribution in [3.05, 3.63) is 78.1 Å². The Kier molecular flexibility index (Phi) is 4.64. The fourth-order valence-corrected chi connectivity index (χ4v) is 3.52. The monoisotopic (exact) mass is 373 g/mol. The number of hydrogen-bond acceptors (Lipinski definition) is 6. The van der Waals surface area contributed by atoms with Gasteiger partial charge in [0.25, 0.3) is 0 Å². The zero-order valence-corrected chi connectivity index (χ0v) is 15.1. The molecule has 7 heteroatoms. The summed E-state index contributed by atoms with van der Waals surface area (Å²) in [6.07, 6.45) is 1.57. The van der Waals surface area contributed by atoms with Crippen molar-refractivity contribution in [2.24, 2.45) is 0 Å². The van der Waals surface area contributed by atoms with Gasteiger partial charge in [-0.3, -0.25) is 0 Å². The van der Waals surface area contributed by atoms with Gasteiger partial charge in [-0.05, 0) is 34.9 Å². The zero-order valence-electron chi connectivity index (χ0n) is 14.2. The van der Waals surface area contributed by atoms with E-state index >= 15 is 0 Å². The van der Waals surface area contributed by atoms with E-state index < -0.39 is 0 Å². The van der Waals surface area contributed by atoms with Crippen LogP contribution in [-0.2, 0) is 5.75 Å². The van der Waals surface area contributed by atoms with Gasteiger partial charge in [-0.2, -0.15) is 5.26 Å². The highest BCUT2D eigenvalue weighted by atomic mass is 32.2. The highest BCUT2D eigenvalue weighted by Crippen LogP contribution is 2.27. The lowest BCUT2D eigenvalue weighted by Crippen LogP contribution is -2.11. The maximum absolute atomic E-state index is 9.25. The van der Waals surface area contributed by atoms with E-state index in [-0.39, 0.29) is 0 Å². The minimum absolute atomic E-state index is 0.492.